The Bertz CT molecular complexity index is 784. The van der Waals surface area contributed by atoms with Crippen molar-refractivity contribution in [2.24, 2.45) is 0 Å². The smallest absolute Gasteiger partial charge is 0.338 e. The first-order chi connectivity index (χ1) is 9.58. The van der Waals surface area contributed by atoms with Gasteiger partial charge in [0.15, 0.2) is 0 Å². The van der Waals surface area contributed by atoms with E-state index in [-0.39, 0.29) is 11.3 Å². The van der Waals surface area contributed by atoms with E-state index >= 15 is 0 Å². The average Bonchev–Trinajstić information content (AvgIpc) is 2.97. The number of carboxylic acid groups (broad SMARTS) is 1. The van der Waals surface area contributed by atoms with E-state index < -0.39 is 5.97 Å². The summed E-state index contributed by atoms with van der Waals surface area (Å²) in [6.45, 7) is 2.21. The minimum atomic E-state index is -1.00. The number of furan rings is 1. The number of aromatic nitrogens is 1. The molecule has 0 fully saturated rings. The van der Waals surface area contributed by atoms with Crippen LogP contribution in [-0.2, 0) is 6.54 Å². The van der Waals surface area contributed by atoms with Gasteiger partial charge in [-0.2, -0.15) is 0 Å². The molecule has 0 radical (unpaired) electrons. The van der Waals surface area contributed by atoms with E-state index in [1.165, 1.54) is 6.07 Å². The van der Waals surface area contributed by atoms with E-state index in [1.54, 1.807) is 31.4 Å². The average molecular weight is 271 g/mol. The Labute approximate surface area is 114 Å². The van der Waals surface area contributed by atoms with Crippen LogP contribution in [0.2, 0.25) is 0 Å². The molecule has 0 aliphatic rings. The second kappa shape index (κ2) is 4.45. The minimum Gasteiger partial charge on any atom is -0.508 e. The molecule has 1 aromatic carbocycles. The van der Waals surface area contributed by atoms with Gasteiger partial charge in [0.1, 0.15) is 11.5 Å². The fourth-order valence-corrected chi connectivity index (χ4v) is 2.50. The third-order valence-corrected chi connectivity index (χ3v) is 3.41. The second-order valence-corrected chi connectivity index (χ2v) is 4.63. The summed E-state index contributed by atoms with van der Waals surface area (Å²) in [7, 11) is 0. The molecule has 2 N–H and O–H groups in total. The van der Waals surface area contributed by atoms with Crippen LogP contribution in [0.25, 0.3) is 10.9 Å². The van der Waals surface area contributed by atoms with Crippen LogP contribution in [0.4, 0.5) is 0 Å². The van der Waals surface area contributed by atoms with Crippen molar-refractivity contribution >= 4 is 16.9 Å². The topological polar surface area (TPSA) is 75.6 Å². The van der Waals surface area contributed by atoms with Crippen LogP contribution >= 0.6 is 0 Å². The SMILES string of the molecule is Cc1c(C(=O)O)c2cc(O)ccc2n1Cc1ccco1. The van der Waals surface area contributed by atoms with Crippen molar-refractivity contribution in [2.75, 3.05) is 0 Å². The summed E-state index contributed by atoms with van der Waals surface area (Å²) in [6.07, 6.45) is 1.58. The molecule has 0 aliphatic carbocycles. The van der Waals surface area contributed by atoms with E-state index in [4.69, 9.17) is 4.42 Å². The summed E-state index contributed by atoms with van der Waals surface area (Å²) in [6, 6.07) is 8.37. The van der Waals surface area contributed by atoms with Crippen molar-refractivity contribution in [1.82, 2.24) is 4.57 Å². The summed E-state index contributed by atoms with van der Waals surface area (Å²) in [5, 5.41) is 19.5. The van der Waals surface area contributed by atoms with E-state index in [9.17, 15) is 15.0 Å². The van der Waals surface area contributed by atoms with Crippen LogP contribution in [0.1, 0.15) is 21.8 Å². The van der Waals surface area contributed by atoms with E-state index in [0.29, 0.717) is 17.6 Å². The molecule has 0 amide bonds. The van der Waals surface area contributed by atoms with Crippen LogP contribution in [0, 0.1) is 6.92 Å². The molecular weight excluding hydrogens is 258 g/mol. The van der Waals surface area contributed by atoms with Gasteiger partial charge in [-0.25, -0.2) is 4.79 Å². The molecular formula is C15H13NO4. The van der Waals surface area contributed by atoms with Crippen LogP contribution in [0.5, 0.6) is 5.75 Å². The van der Waals surface area contributed by atoms with Gasteiger partial charge in [-0.05, 0) is 37.3 Å². The number of aromatic carboxylic acids is 1. The number of nitrogens with zero attached hydrogens (tertiary/aromatic N) is 1. The van der Waals surface area contributed by atoms with Gasteiger partial charge in [0.05, 0.1) is 18.4 Å². The lowest BCUT2D eigenvalue weighted by Crippen LogP contribution is -2.03. The molecule has 0 aliphatic heterocycles. The van der Waals surface area contributed by atoms with Crippen LogP contribution in [0.15, 0.2) is 41.0 Å². The van der Waals surface area contributed by atoms with E-state index in [0.717, 1.165) is 11.3 Å². The minimum absolute atomic E-state index is 0.0511. The van der Waals surface area contributed by atoms with Crippen LogP contribution in [-0.4, -0.2) is 20.7 Å². The molecule has 3 aromatic rings. The van der Waals surface area contributed by atoms with E-state index in [2.05, 4.69) is 0 Å². The number of phenols is 1. The standard InChI is InChI=1S/C15H13NO4/c1-9-14(15(18)19)12-7-10(17)4-5-13(12)16(9)8-11-3-2-6-20-11/h2-7,17H,8H2,1H3,(H,18,19). The van der Waals surface area contributed by atoms with Gasteiger partial charge in [-0.1, -0.05) is 0 Å². The Morgan fingerprint density at radius 1 is 1.35 bits per heavy atom. The zero-order valence-corrected chi connectivity index (χ0v) is 10.8. The molecule has 5 heteroatoms. The first-order valence-corrected chi connectivity index (χ1v) is 6.15. The summed E-state index contributed by atoms with van der Waals surface area (Å²) < 4.78 is 7.19. The molecule has 0 saturated carbocycles. The quantitative estimate of drug-likeness (QED) is 0.767. The van der Waals surface area contributed by atoms with Gasteiger partial charge >= 0.3 is 5.97 Å². The van der Waals surface area contributed by atoms with Crippen LogP contribution < -0.4 is 0 Å². The Hall–Kier alpha value is -2.69. The Morgan fingerprint density at radius 2 is 2.15 bits per heavy atom. The molecule has 20 heavy (non-hydrogen) atoms. The molecule has 3 rings (SSSR count). The number of rotatable bonds is 3. The van der Waals surface area contributed by atoms with Crippen molar-refractivity contribution < 1.29 is 19.4 Å². The van der Waals surface area contributed by atoms with Gasteiger partial charge in [0, 0.05) is 16.6 Å². The summed E-state index contributed by atoms with van der Waals surface area (Å²) >= 11 is 0. The number of hydrogen-bond donors (Lipinski definition) is 2. The lowest BCUT2D eigenvalue weighted by molar-refractivity contribution is 0.0698. The lowest BCUT2D eigenvalue weighted by atomic mass is 10.1. The molecule has 5 nitrogen and oxygen atoms in total. The largest absolute Gasteiger partial charge is 0.508 e. The normalized spacial score (nSPS) is 11.1. The Balaban J connectivity index is 2.26. The predicted molar refractivity (Wildman–Crippen MR) is 73.1 cm³/mol. The highest BCUT2D eigenvalue weighted by atomic mass is 16.4. The zero-order chi connectivity index (χ0) is 14.3. The highest BCUT2D eigenvalue weighted by molar-refractivity contribution is 6.05. The zero-order valence-electron chi connectivity index (χ0n) is 10.8. The molecule has 0 spiro atoms. The summed E-state index contributed by atoms with van der Waals surface area (Å²) in [4.78, 5) is 11.4. The third kappa shape index (κ3) is 1.84. The van der Waals surface area contributed by atoms with Gasteiger partial charge in [0.2, 0.25) is 0 Å². The number of hydrogen-bond acceptors (Lipinski definition) is 3. The first kappa shape index (κ1) is 12.3. The second-order valence-electron chi connectivity index (χ2n) is 4.63. The Morgan fingerprint density at radius 3 is 2.80 bits per heavy atom. The third-order valence-electron chi connectivity index (χ3n) is 3.41. The lowest BCUT2D eigenvalue weighted by Gasteiger charge is -2.06. The van der Waals surface area contributed by atoms with Crippen LogP contribution in [0.3, 0.4) is 0 Å². The monoisotopic (exact) mass is 271 g/mol. The van der Waals surface area contributed by atoms with Gasteiger partial charge in [-0.3, -0.25) is 0 Å². The number of benzene rings is 1. The Kier molecular flexibility index (Phi) is 2.75. The molecule has 2 aromatic heterocycles. The maximum absolute atomic E-state index is 11.4. The number of aromatic hydroxyl groups is 1. The van der Waals surface area contributed by atoms with Crippen molar-refractivity contribution in [1.29, 1.82) is 0 Å². The molecule has 2 heterocycles. The number of carbonyl (C=O) groups is 1. The number of phenolic OH excluding ortho intramolecular Hbond substituents is 1. The van der Waals surface area contributed by atoms with Gasteiger partial charge in [0.25, 0.3) is 0 Å². The highest BCUT2D eigenvalue weighted by Crippen LogP contribution is 2.29. The van der Waals surface area contributed by atoms with Crippen molar-refractivity contribution in [2.45, 2.75) is 13.5 Å². The molecule has 102 valence electrons. The van der Waals surface area contributed by atoms with Gasteiger partial charge < -0.3 is 19.2 Å². The first-order valence-electron chi connectivity index (χ1n) is 6.15. The molecule has 0 atom stereocenters. The highest BCUT2D eigenvalue weighted by Gasteiger charge is 2.20. The van der Waals surface area contributed by atoms with Gasteiger partial charge in [-0.15, -0.1) is 0 Å². The maximum atomic E-state index is 11.4. The van der Waals surface area contributed by atoms with Crippen molar-refractivity contribution in [3.63, 3.8) is 0 Å². The number of fused-ring (bicyclic) bond motifs is 1. The summed E-state index contributed by atoms with van der Waals surface area (Å²) in [5.74, 6) is -0.207. The maximum Gasteiger partial charge on any atom is 0.338 e. The molecule has 0 bridgehead atoms. The fraction of sp³-hybridized carbons (Fsp3) is 0.133. The van der Waals surface area contributed by atoms with E-state index in [1.807, 2.05) is 10.6 Å². The predicted octanol–water partition coefficient (Wildman–Crippen LogP) is 2.99. The molecule has 0 unspecified atom stereocenters. The summed E-state index contributed by atoms with van der Waals surface area (Å²) in [5.41, 5.74) is 1.60. The number of carboxylic acids is 1. The molecule has 0 saturated heterocycles. The van der Waals surface area contributed by atoms with Crippen molar-refractivity contribution in [3.05, 3.63) is 53.6 Å². The van der Waals surface area contributed by atoms with Crippen molar-refractivity contribution in [3.8, 4) is 5.75 Å². The fourth-order valence-electron chi connectivity index (χ4n) is 2.50.